The van der Waals surface area contributed by atoms with Crippen molar-refractivity contribution >= 4 is 5.97 Å². The summed E-state index contributed by atoms with van der Waals surface area (Å²) >= 11 is 0. The highest BCUT2D eigenvalue weighted by molar-refractivity contribution is 5.92. The second-order valence-corrected chi connectivity index (χ2v) is 3.26. The molecule has 0 aliphatic heterocycles. The van der Waals surface area contributed by atoms with Crippen LogP contribution in [-0.2, 0) is 10.9 Å². The summed E-state index contributed by atoms with van der Waals surface area (Å²) in [5.74, 6) is -3.40. The Morgan fingerprint density at radius 1 is 1.42 bits per heavy atom. The molecule has 0 fully saturated rings. The number of ether oxygens (including phenoxy) is 1. The molecule has 1 aromatic heterocycles. The second kappa shape index (κ2) is 5.45. The minimum absolute atomic E-state index is 0.00690. The van der Waals surface area contributed by atoms with Crippen molar-refractivity contribution in [3.63, 3.8) is 0 Å². The van der Waals surface area contributed by atoms with Gasteiger partial charge in [-0.3, -0.25) is 0 Å². The van der Waals surface area contributed by atoms with Gasteiger partial charge in [-0.25, -0.2) is 22.9 Å². The summed E-state index contributed by atoms with van der Waals surface area (Å²) < 4.78 is 80.4. The van der Waals surface area contributed by atoms with Crippen LogP contribution in [0.15, 0.2) is 6.20 Å². The number of aromatic nitrogens is 1. The van der Waals surface area contributed by atoms with Crippen LogP contribution in [0, 0.1) is 5.82 Å². The van der Waals surface area contributed by atoms with Crippen molar-refractivity contribution < 1.29 is 35.9 Å². The molecular formula is C10H7F6NO2. The first-order chi connectivity index (χ1) is 8.70. The van der Waals surface area contributed by atoms with E-state index in [0.29, 0.717) is 0 Å². The molecule has 0 saturated carbocycles. The van der Waals surface area contributed by atoms with Gasteiger partial charge in [0.15, 0.2) is 11.5 Å². The van der Waals surface area contributed by atoms with Crippen molar-refractivity contribution in [2.45, 2.75) is 19.5 Å². The summed E-state index contributed by atoms with van der Waals surface area (Å²) in [4.78, 5) is 14.0. The van der Waals surface area contributed by atoms with E-state index in [1.165, 1.54) is 6.92 Å². The number of alkyl halides is 5. The Morgan fingerprint density at radius 2 is 2.00 bits per heavy atom. The lowest BCUT2D eigenvalue weighted by Gasteiger charge is -2.15. The fourth-order valence-electron chi connectivity index (χ4n) is 1.34. The SMILES string of the molecule is CCOC(=O)c1c(C(F)(F)F)ncc(F)c1C(F)F. The number of hydrogen-bond donors (Lipinski definition) is 0. The maximum absolute atomic E-state index is 13.2. The van der Waals surface area contributed by atoms with Crippen LogP contribution >= 0.6 is 0 Å². The Morgan fingerprint density at radius 3 is 2.42 bits per heavy atom. The van der Waals surface area contributed by atoms with E-state index in [2.05, 4.69) is 9.72 Å². The number of rotatable bonds is 3. The lowest BCUT2D eigenvalue weighted by atomic mass is 10.1. The molecule has 0 aromatic carbocycles. The number of nitrogens with zero attached hydrogens (tertiary/aromatic N) is 1. The monoisotopic (exact) mass is 287 g/mol. The smallest absolute Gasteiger partial charge is 0.434 e. The van der Waals surface area contributed by atoms with Crippen molar-refractivity contribution in [2.24, 2.45) is 0 Å². The third-order valence-corrected chi connectivity index (χ3v) is 2.04. The van der Waals surface area contributed by atoms with Crippen LogP contribution in [0.25, 0.3) is 0 Å². The first-order valence-electron chi connectivity index (χ1n) is 4.91. The molecule has 0 amide bonds. The maximum atomic E-state index is 13.2. The fraction of sp³-hybridized carbons (Fsp3) is 0.400. The molecule has 3 nitrogen and oxygen atoms in total. The molecule has 0 saturated heterocycles. The largest absolute Gasteiger partial charge is 0.462 e. The Kier molecular flexibility index (Phi) is 4.38. The van der Waals surface area contributed by atoms with Gasteiger partial charge in [0.25, 0.3) is 6.43 Å². The van der Waals surface area contributed by atoms with Crippen LogP contribution in [0.2, 0.25) is 0 Å². The predicted molar refractivity (Wildman–Crippen MR) is 50.1 cm³/mol. The van der Waals surface area contributed by atoms with Crippen molar-refractivity contribution in [3.05, 3.63) is 28.8 Å². The maximum Gasteiger partial charge on any atom is 0.434 e. The zero-order valence-corrected chi connectivity index (χ0v) is 9.39. The standard InChI is InChI=1S/C10H7F6NO2/c1-2-19-9(18)6-5(8(12)13)4(11)3-17-7(6)10(14,15)16/h3,8H,2H2,1H3. The summed E-state index contributed by atoms with van der Waals surface area (Å²) in [5.41, 5.74) is -5.16. The van der Waals surface area contributed by atoms with Crippen LogP contribution in [0.1, 0.15) is 35.0 Å². The zero-order chi connectivity index (χ0) is 14.8. The second-order valence-electron chi connectivity index (χ2n) is 3.26. The summed E-state index contributed by atoms with van der Waals surface area (Å²) in [6.45, 7) is 0.912. The molecule has 1 heterocycles. The Labute approximate surface area is 103 Å². The molecule has 0 radical (unpaired) electrons. The van der Waals surface area contributed by atoms with Gasteiger partial charge in [0.2, 0.25) is 0 Å². The molecule has 0 unspecified atom stereocenters. The number of esters is 1. The van der Waals surface area contributed by atoms with Crippen molar-refractivity contribution in [1.82, 2.24) is 4.98 Å². The summed E-state index contributed by atoms with van der Waals surface area (Å²) in [6, 6.07) is 0. The van der Waals surface area contributed by atoms with E-state index < -0.39 is 41.2 Å². The fourth-order valence-corrected chi connectivity index (χ4v) is 1.34. The average molecular weight is 287 g/mol. The number of carbonyl (C=O) groups is 1. The minimum Gasteiger partial charge on any atom is -0.462 e. The highest BCUT2D eigenvalue weighted by atomic mass is 19.4. The first-order valence-corrected chi connectivity index (χ1v) is 4.91. The van der Waals surface area contributed by atoms with Gasteiger partial charge < -0.3 is 4.74 Å². The molecule has 0 atom stereocenters. The van der Waals surface area contributed by atoms with E-state index >= 15 is 0 Å². The topological polar surface area (TPSA) is 39.2 Å². The zero-order valence-electron chi connectivity index (χ0n) is 9.39. The summed E-state index contributed by atoms with van der Waals surface area (Å²) in [7, 11) is 0. The Hall–Kier alpha value is -1.80. The molecule has 0 N–H and O–H groups in total. The van der Waals surface area contributed by atoms with Crippen LogP contribution < -0.4 is 0 Å². The highest BCUT2D eigenvalue weighted by Crippen LogP contribution is 2.36. The Bertz CT molecular complexity index is 486. The predicted octanol–water partition coefficient (Wildman–Crippen LogP) is 3.35. The van der Waals surface area contributed by atoms with Gasteiger partial charge in [0, 0.05) is 0 Å². The summed E-state index contributed by atoms with van der Waals surface area (Å²) in [6.07, 6.45) is -8.80. The number of carbonyl (C=O) groups excluding carboxylic acids is 1. The molecule has 0 bridgehead atoms. The number of halogens is 6. The van der Waals surface area contributed by atoms with E-state index in [9.17, 15) is 31.1 Å². The van der Waals surface area contributed by atoms with Gasteiger partial charge in [-0.15, -0.1) is 0 Å². The van der Waals surface area contributed by atoms with E-state index in [4.69, 9.17) is 0 Å². The summed E-state index contributed by atoms with van der Waals surface area (Å²) in [5, 5.41) is 0. The number of pyridine rings is 1. The van der Waals surface area contributed by atoms with Crippen LogP contribution in [0.4, 0.5) is 26.3 Å². The van der Waals surface area contributed by atoms with Crippen molar-refractivity contribution in [1.29, 1.82) is 0 Å². The Balaban J connectivity index is 3.59. The van der Waals surface area contributed by atoms with E-state index in [-0.39, 0.29) is 12.8 Å². The average Bonchev–Trinajstić information content (AvgIpc) is 2.26. The highest BCUT2D eigenvalue weighted by Gasteiger charge is 2.41. The third-order valence-electron chi connectivity index (χ3n) is 2.04. The molecule has 0 aliphatic carbocycles. The molecule has 0 spiro atoms. The van der Waals surface area contributed by atoms with Crippen molar-refractivity contribution in [3.8, 4) is 0 Å². The lowest BCUT2D eigenvalue weighted by Crippen LogP contribution is -2.21. The van der Waals surface area contributed by atoms with Crippen LogP contribution in [-0.4, -0.2) is 17.6 Å². The van der Waals surface area contributed by atoms with Gasteiger partial charge in [-0.2, -0.15) is 13.2 Å². The van der Waals surface area contributed by atoms with Crippen LogP contribution in [0.3, 0.4) is 0 Å². The van der Waals surface area contributed by atoms with Gasteiger partial charge in [-0.05, 0) is 6.92 Å². The lowest BCUT2D eigenvalue weighted by molar-refractivity contribution is -0.142. The molecule has 19 heavy (non-hydrogen) atoms. The van der Waals surface area contributed by atoms with E-state index in [0.717, 1.165) is 0 Å². The minimum atomic E-state index is -5.18. The first kappa shape index (κ1) is 15.3. The molecule has 9 heteroatoms. The van der Waals surface area contributed by atoms with Crippen molar-refractivity contribution in [2.75, 3.05) is 6.61 Å². The molecular weight excluding hydrogens is 280 g/mol. The molecule has 106 valence electrons. The molecule has 1 rings (SSSR count). The van der Waals surface area contributed by atoms with Gasteiger partial charge in [-0.1, -0.05) is 0 Å². The number of hydrogen-bond acceptors (Lipinski definition) is 3. The molecule has 1 aromatic rings. The third kappa shape index (κ3) is 3.15. The normalized spacial score (nSPS) is 11.8. The quantitative estimate of drug-likeness (QED) is 0.632. The van der Waals surface area contributed by atoms with Crippen LogP contribution in [0.5, 0.6) is 0 Å². The van der Waals surface area contributed by atoms with Gasteiger partial charge in [0.1, 0.15) is 5.56 Å². The van der Waals surface area contributed by atoms with E-state index in [1.54, 1.807) is 0 Å². The van der Waals surface area contributed by atoms with E-state index in [1.807, 2.05) is 0 Å². The van der Waals surface area contributed by atoms with Gasteiger partial charge >= 0.3 is 12.1 Å². The van der Waals surface area contributed by atoms with Gasteiger partial charge in [0.05, 0.1) is 18.4 Å². The molecule has 0 aliphatic rings.